The van der Waals surface area contributed by atoms with Gasteiger partial charge in [0, 0.05) is 18.5 Å². The molecule has 0 bridgehead atoms. The molecule has 0 radical (unpaired) electrons. The lowest BCUT2D eigenvalue weighted by atomic mass is 9.64. The lowest BCUT2D eigenvalue weighted by Gasteiger charge is -2.55. The highest BCUT2D eigenvalue weighted by Crippen LogP contribution is 2.52. The van der Waals surface area contributed by atoms with E-state index in [2.05, 4.69) is 19.7 Å². The molecular weight excluding hydrogens is 292 g/mol. The third-order valence-corrected chi connectivity index (χ3v) is 6.31. The second-order valence-electron chi connectivity index (χ2n) is 7.43. The third-order valence-electron chi connectivity index (χ3n) is 6.31. The predicted molar refractivity (Wildman–Crippen MR) is 86.4 cm³/mol. The molecule has 6 nitrogen and oxygen atoms in total. The molecular formula is C17H26N4O2. The molecule has 3 aliphatic rings. The summed E-state index contributed by atoms with van der Waals surface area (Å²) in [5.74, 6) is 0.775. The Balaban J connectivity index is 1.75. The van der Waals surface area contributed by atoms with Gasteiger partial charge < -0.3 is 10.0 Å². The molecule has 1 spiro atoms. The van der Waals surface area contributed by atoms with Gasteiger partial charge in [-0.2, -0.15) is 10.1 Å². The van der Waals surface area contributed by atoms with Gasteiger partial charge >= 0.3 is 5.97 Å². The molecule has 0 amide bonds. The van der Waals surface area contributed by atoms with Crippen molar-refractivity contribution in [3.8, 4) is 0 Å². The maximum atomic E-state index is 11.1. The predicted octanol–water partition coefficient (Wildman–Crippen LogP) is 2.79. The largest absolute Gasteiger partial charge is 0.481 e. The van der Waals surface area contributed by atoms with Gasteiger partial charge in [0.05, 0.1) is 12.0 Å². The second kappa shape index (κ2) is 5.80. The van der Waals surface area contributed by atoms with Gasteiger partial charge in [0.1, 0.15) is 6.33 Å². The van der Waals surface area contributed by atoms with Crippen molar-refractivity contribution in [2.24, 2.45) is 5.92 Å². The maximum Gasteiger partial charge on any atom is 0.305 e. The Bertz CT molecular complexity index is 579. The minimum atomic E-state index is -0.735. The van der Waals surface area contributed by atoms with Gasteiger partial charge in [-0.1, -0.05) is 32.1 Å². The number of anilines is 1. The number of hydrogen-bond donors (Lipinski definition) is 1. The van der Waals surface area contributed by atoms with Crippen LogP contribution in [0.1, 0.15) is 64.2 Å². The van der Waals surface area contributed by atoms with Crippen LogP contribution in [0.3, 0.4) is 0 Å². The van der Waals surface area contributed by atoms with Gasteiger partial charge in [0.15, 0.2) is 0 Å². The van der Waals surface area contributed by atoms with Crippen molar-refractivity contribution in [1.82, 2.24) is 14.8 Å². The van der Waals surface area contributed by atoms with Crippen molar-refractivity contribution in [2.45, 2.75) is 75.8 Å². The Morgan fingerprint density at radius 1 is 1.22 bits per heavy atom. The van der Waals surface area contributed by atoms with Gasteiger partial charge in [0.2, 0.25) is 5.95 Å². The van der Waals surface area contributed by atoms with Gasteiger partial charge in [0.25, 0.3) is 0 Å². The van der Waals surface area contributed by atoms with E-state index < -0.39 is 5.97 Å². The Hall–Kier alpha value is -1.59. The molecule has 23 heavy (non-hydrogen) atoms. The summed E-state index contributed by atoms with van der Waals surface area (Å²) < 4.78 is 2.18. The summed E-state index contributed by atoms with van der Waals surface area (Å²) in [7, 11) is 0. The summed E-state index contributed by atoms with van der Waals surface area (Å²) in [5, 5.41) is 13.7. The van der Waals surface area contributed by atoms with Crippen LogP contribution in [-0.4, -0.2) is 38.4 Å². The Labute approximate surface area is 136 Å². The van der Waals surface area contributed by atoms with Gasteiger partial charge in [-0.25, -0.2) is 4.68 Å². The van der Waals surface area contributed by atoms with E-state index in [0.29, 0.717) is 18.5 Å². The Kier molecular flexibility index (Phi) is 3.77. The average Bonchev–Trinajstić information content (AvgIpc) is 3.06. The lowest BCUT2D eigenvalue weighted by molar-refractivity contribution is -0.136. The highest BCUT2D eigenvalue weighted by atomic mass is 16.4. The van der Waals surface area contributed by atoms with Crippen LogP contribution in [0.2, 0.25) is 0 Å². The van der Waals surface area contributed by atoms with E-state index in [-0.39, 0.29) is 12.0 Å². The molecule has 2 aliphatic carbocycles. The topological polar surface area (TPSA) is 71.2 Å². The van der Waals surface area contributed by atoms with E-state index in [1.807, 2.05) is 0 Å². The zero-order chi connectivity index (χ0) is 15.9. The van der Waals surface area contributed by atoms with Crippen LogP contribution in [0.4, 0.5) is 5.95 Å². The van der Waals surface area contributed by atoms with Gasteiger partial charge in [-0.3, -0.25) is 4.79 Å². The number of fused-ring (bicyclic) bond motifs is 4. The molecule has 1 aromatic rings. The summed E-state index contributed by atoms with van der Waals surface area (Å²) in [6, 6.07) is 0.443. The summed E-state index contributed by atoms with van der Waals surface area (Å²) in [6.45, 7) is 0.547. The fourth-order valence-corrected chi connectivity index (χ4v) is 5.39. The van der Waals surface area contributed by atoms with E-state index in [9.17, 15) is 4.79 Å². The molecule has 1 N–H and O–H groups in total. The Morgan fingerprint density at radius 3 is 2.78 bits per heavy atom. The number of aliphatic carboxylic acids is 1. The first-order chi connectivity index (χ1) is 11.2. The standard InChI is InChI=1S/C17H26N4O2/c22-15(23)8-11-20-14-7-3-2-6-13(14)17(9-4-1-5-10-17)21-16(20)18-12-19-21/h12-14H,1-11H2,(H,22,23). The number of carboxylic acid groups (broad SMARTS) is 1. The fourth-order valence-electron chi connectivity index (χ4n) is 5.39. The molecule has 1 aromatic heterocycles. The van der Waals surface area contributed by atoms with Crippen LogP contribution in [0.5, 0.6) is 0 Å². The Morgan fingerprint density at radius 2 is 2.00 bits per heavy atom. The van der Waals surface area contributed by atoms with Crippen molar-refractivity contribution in [2.75, 3.05) is 11.4 Å². The summed E-state index contributed by atoms with van der Waals surface area (Å²) >= 11 is 0. The first kappa shape index (κ1) is 15.0. The smallest absolute Gasteiger partial charge is 0.305 e. The molecule has 2 fully saturated rings. The highest BCUT2D eigenvalue weighted by Gasteiger charge is 2.53. The van der Waals surface area contributed by atoms with E-state index in [0.717, 1.165) is 5.95 Å². The summed E-state index contributed by atoms with van der Waals surface area (Å²) in [4.78, 5) is 17.9. The quantitative estimate of drug-likeness (QED) is 0.928. The first-order valence-corrected chi connectivity index (χ1v) is 9.11. The van der Waals surface area contributed by atoms with Crippen molar-refractivity contribution >= 4 is 11.9 Å². The molecule has 0 saturated heterocycles. The molecule has 1 aliphatic heterocycles. The molecule has 2 heterocycles. The normalized spacial score (nSPS) is 29.1. The SMILES string of the molecule is O=C(O)CCN1c2ncnn2C2(CCCCC2)C2CCCCC21. The van der Waals surface area contributed by atoms with E-state index >= 15 is 0 Å². The van der Waals surface area contributed by atoms with Gasteiger partial charge in [-0.05, 0) is 25.7 Å². The molecule has 4 rings (SSSR count). The first-order valence-electron chi connectivity index (χ1n) is 9.11. The van der Waals surface area contributed by atoms with E-state index in [1.54, 1.807) is 6.33 Å². The number of hydrogen-bond acceptors (Lipinski definition) is 4. The molecule has 2 unspecified atom stereocenters. The highest BCUT2D eigenvalue weighted by molar-refractivity contribution is 5.67. The zero-order valence-electron chi connectivity index (χ0n) is 13.7. The van der Waals surface area contributed by atoms with Crippen LogP contribution in [0, 0.1) is 5.92 Å². The fraction of sp³-hybridized carbons (Fsp3) is 0.824. The van der Waals surface area contributed by atoms with Crippen LogP contribution < -0.4 is 4.90 Å². The van der Waals surface area contributed by atoms with Crippen molar-refractivity contribution in [3.63, 3.8) is 0 Å². The minimum Gasteiger partial charge on any atom is -0.481 e. The number of rotatable bonds is 3. The summed E-state index contributed by atoms with van der Waals surface area (Å²) in [6.07, 6.45) is 13.1. The van der Waals surface area contributed by atoms with Crippen molar-refractivity contribution in [3.05, 3.63) is 6.33 Å². The van der Waals surface area contributed by atoms with Crippen LogP contribution in [0.15, 0.2) is 6.33 Å². The average molecular weight is 318 g/mol. The molecule has 2 atom stereocenters. The maximum absolute atomic E-state index is 11.1. The van der Waals surface area contributed by atoms with Crippen molar-refractivity contribution < 1.29 is 9.90 Å². The molecule has 126 valence electrons. The monoisotopic (exact) mass is 318 g/mol. The van der Waals surface area contributed by atoms with Gasteiger partial charge in [-0.15, -0.1) is 0 Å². The van der Waals surface area contributed by atoms with Crippen molar-refractivity contribution in [1.29, 1.82) is 0 Å². The lowest BCUT2D eigenvalue weighted by Crippen LogP contribution is -2.60. The number of aromatic nitrogens is 3. The van der Waals surface area contributed by atoms with Crippen LogP contribution in [0.25, 0.3) is 0 Å². The summed E-state index contributed by atoms with van der Waals surface area (Å²) in [5.41, 5.74) is 0.134. The van der Waals surface area contributed by atoms with Crippen LogP contribution >= 0.6 is 0 Å². The molecule has 6 heteroatoms. The third kappa shape index (κ3) is 2.34. The number of carboxylic acids is 1. The second-order valence-corrected chi connectivity index (χ2v) is 7.43. The van der Waals surface area contributed by atoms with E-state index in [4.69, 9.17) is 5.11 Å². The minimum absolute atomic E-state index is 0.134. The number of nitrogens with zero attached hydrogens (tertiary/aromatic N) is 4. The number of carbonyl (C=O) groups is 1. The zero-order valence-corrected chi connectivity index (χ0v) is 13.7. The van der Waals surface area contributed by atoms with E-state index in [1.165, 1.54) is 57.8 Å². The molecule has 0 aromatic carbocycles. The van der Waals surface area contributed by atoms with Crippen LogP contribution in [-0.2, 0) is 10.3 Å². The molecule has 2 saturated carbocycles.